The summed E-state index contributed by atoms with van der Waals surface area (Å²) in [7, 11) is 0. The molecule has 0 radical (unpaired) electrons. The van der Waals surface area contributed by atoms with Gasteiger partial charge in [0.05, 0.1) is 16.7 Å². The molecule has 0 saturated carbocycles. The minimum absolute atomic E-state index is 0.0682. The maximum Gasteiger partial charge on any atom is 0.514 e. The largest absolute Gasteiger partial charge is 0.514 e. The number of phenolic OH excluding ortho intramolecular Hbond substituents is 2. The monoisotopic (exact) mass is 994 g/mol. The second-order valence-electron chi connectivity index (χ2n) is 18.7. The molecule has 2 aliphatic carbocycles. The van der Waals surface area contributed by atoms with E-state index < -0.39 is 99.9 Å². The number of amides is 7. The molecule has 0 saturated heterocycles. The molecule has 3 aromatic carbocycles. The number of anilines is 1. The van der Waals surface area contributed by atoms with Crippen LogP contribution >= 0.6 is 0 Å². The fraction of sp³-hybridized carbons (Fsp3) is 0.412. The van der Waals surface area contributed by atoms with E-state index in [1.165, 1.54) is 54.6 Å². The maximum atomic E-state index is 14.1. The molecule has 72 heavy (non-hydrogen) atoms. The lowest BCUT2D eigenvalue weighted by molar-refractivity contribution is -0.137. The molecule has 21 heteroatoms. The summed E-state index contributed by atoms with van der Waals surface area (Å²) >= 11 is 0. The number of unbranched alkanes of at least 4 members (excludes halogenated alkanes) is 2. The molecule has 7 amide bonds. The number of carbonyl (C=O) groups is 10. The number of ketones is 3. The lowest BCUT2D eigenvalue weighted by Crippen LogP contribution is -2.54. The van der Waals surface area contributed by atoms with Crippen LogP contribution in [0, 0.1) is 11.3 Å². The van der Waals surface area contributed by atoms with Gasteiger partial charge in [-0.2, -0.15) is 0 Å². The minimum Gasteiger partial charge on any atom is -0.507 e. The van der Waals surface area contributed by atoms with Gasteiger partial charge in [-0.25, -0.2) is 9.59 Å². The van der Waals surface area contributed by atoms with E-state index in [0.717, 1.165) is 4.90 Å². The van der Waals surface area contributed by atoms with Crippen molar-refractivity contribution in [3.8, 4) is 17.2 Å². The van der Waals surface area contributed by atoms with Crippen molar-refractivity contribution in [2.75, 3.05) is 25.0 Å². The van der Waals surface area contributed by atoms with Crippen LogP contribution in [0.15, 0.2) is 54.6 Å². The van der Waals surface area contributed by atoms with Gasteiger partial charge in [-0.3, -0.25) is 43.3 Å². The van der Waals surface area contributed by atoms with E-state index in [-0.39, 0.29) is 97.5 Å². The number of phenols is 2. The van der Waals surface area contributed by atoms with Crippen molar-refractivity contribution in [2.24, 2.45) is 17.1 Å². The average molecular weight is 995 g/mol. The quantitative estimate of drug-likeness (QED) is 0.0194. The number of fused-ring (bicyclic) bond motifs is 3. The Balaban J connectivity index is 1.05. The normalized spacial score (nSPS) is 17.6. The highest BCUT2D eigenvalue weighted by Crippen LogP contribution is 2.53. The van der Waals surface area contributed by atoms with Gasteiger partial charge in [-0.05, 0) is 74.1 Å². The van der Waals surface area contributed by atoms with Gasteiger partial charge in [0.25, 0.3) is 11.8 Å². The van der Waals surface area contributed by atoms with Gasteiger partial charge < -0.3 is 51.8 Å². The number of hydrogen-bond donors (Lipinski definition) is 8. The van der Waals surface area contributed by atoms with Gasteiger partial charge >= 0.3 is 12.2 Å². The van der Waals surface area contributed by atoms with Crippen molar-refractivity contribution in [3.05, 3.63) is 93.6 Å². The summed E-state index contributed by atoms with van der Waals surface area (Å²) in [6.45, 7) is 6.01. The van der Waals surface area contributed by atoms with Gasteiger partial charge in [-0.1, -0.05) is 58.4 Å². The number of benzene rings is 3. The molecule has 9 N–H and O–H groups in total. The standard InChI is InChI=1S/C51H58N6O15/c1-26(2)42(56-35(60)13-6-5-7-21-57-36(61)18-19-37(57)62)48(68)55-32(11-9-20-53-49(52)69)47(67)54-29-16-14-28(15-17-29)25-71-50(70)72-33-12-8-10-30-39(33)46(66)41-40(43(30)63)44(64)31-23-51(4,34(59)24-58)22-27(3)38(31)45(41)65/h8,10,12,14-19,26-27,32,42,58,64-65H,5-7,9,11,13,20-25H2,1-4H3,(H,54,67)(H,55,68)(H,56,60)(H3,52,53,69)/t27-,32-,42-,51-/m0/s1. The van der Waals surface area contributed by atoms with Crippen molar-refractivity contribution in [3.63, 3.8) is 0 Å². The molecular formula is C51H58N6O15. The number of nitrogens with one attached hydrogen (secondary N) is 4. The highest BCUT2D eigenvalue weighted by molar-refractivity contribution is 6.31. The van der Waals surface area contributed by atoms with Crippen molar-refractivity contribution >= 4 is 64.8 Å². The van der Waals surface area contributed by atoms with Crippen molar-refractivity contribution < 1.29 is 72.7 Å². The number of hydrogen-bond acceptors (Lipinski definition) is 15. The number of Topliss-reactive ketones (excluding diaryl/α,β-unsaturated/α-hetero) is 1. The van der Waals surface area contributed by atoms with E-state index >= 15 is 0 Å². The van der Waals surface area contributed by atoms with Crippen LogP contribution in [-0.4, -0.2) is 111 Å². The Hall–Kier alpha value is -7.94. The fourth-order valence-electron chi connectivity index (χ4n) is 9.28. The molecule has 382 valence electrons. The van der Waals surface area contributed by atoms with E-state index in [1.54, 1.807) is 27.7 Å². The number of aliphatic hydroxyl groups excluding tert-OH is 1. The average Bonchev–Trinajstić information content (AvgIpc) is 3.65. The van der Waals surface area contributed by atoms with E-state index in [1.807, 2.05) is 0 Å². The Bertz CT molecular complexity index is 2720. The topological polar surface area (TPSA) is 327 Å². The highest BCUT2D eigenvalue weighted by Gasteiger charge is 2.46. The Morgan fingerprint density at radius 2 is 1.53 bits per heavy atom. The van der Waals surface area contributed by atoms with Crippen LogP contribution in [0.1, 0.15) is 127 Å². The second-order valence-corrected chi connectivity index (χ2v) is 18.7. The first-order valence-electron chi connectivity index (χ1n) is 23.5. The van der Waals surface area contributed by atoms with Crippen molar-refractivity contribution in [2.45, 2.75) is 104 Å². The first-order valence-corrected chi connectivity index (χ1v) is 23.5. The summed E-state index contributed by atoms with van der Waals surface area (Å²) in [5.74, 6) is -7.01. The Morgan fingerprint density at radius 3 is 2.18 bits per heavy atom. The molecule has 3 aliphatic rings. The van der Waals surface area contributed by atoms with Crippen molar-refractivity contribution in [1.29, 1.82) is 0 Å². The molecule has 0 fully saturated rings. The summed E-state index contributed by atoms with van der Waals surface area (Å²) in [6, 6.07) is 7.08. The van der Waals surface area contributed by atoms with E-state index in [9.17, 15) is 63.3 Å². The summed E-state index contributed by atoms with van der Waals surface area (Å²) < 4.78 is 10.7. The van der Waals surface area contributed by atoms with Crippen LogP contribution in [0.25, 0.3) is 0 Å². The lowest BCUT2D eigenvalue weighted by atomic mass is 9.64. The molecule has 0 aromatic heterocycles. The molecule has 4 atom stereocenters. The van der Waals surface area contributed by atoms with Gasteiger partial charge in [0, 0.05) is 59.5 Å². The summed E-state index contributed by atoms with van der Waals surface area (Å²) in [4.78, 5) is 130. The lowest BCUT2D eigenvalue weighted by Gasteiger charge is -2.38. The highest BCUT2D eigenvalue weighted by atomic mass is 16.7. The summed E-state index contributed by atoms with van der Waals surface area (Å²) in [5, 5.41) is 43.2. The van der Waals surface area contributed by atoms with Gasteiger partial charge in [-0.15, -0.1) is 0 Å². The zero-order chi connectivity index (χ0) is 52.6. The predicted molar refractivity (Wildman–Crippen MR) is 256 cm³/mol. The number of nitrogens with two attached hydrogens (primary N) is 1. The number of primary amides is 1. The Morgan fingerprint density at radius 1 is 0.847 bits per heavy atom. The van der Waals surface area contributed by atoms with Crippen LogP contribution in [-0.2, 0) is 46.5 Å². The molecule has 21 nitrogen and oxygen atoms in total. The van der Waals surface area contributed by atoms with E-state index in [4.69, 9.17) is 15.2 Å². The van der Waals surface area contributed by atoms with E-state index in [0.29, 0.717) is 30.5 Å². The van der Waals surface area contributed by atoms with Gasteiger partial charge in [0.2, 0.25) is 23.5 Å². The number of carbonyl (C=O) groups excluding carboxylic acids is 10. The molecular weight excluding hydrogens is 937 g/mol. The molecule has 0 spiro atoms. The second kappa shape index (κ2) is 22.9. The summed E-state index contributed by atoms with van der Waals surface area (Å²) in [6.07, 6.45) is 3.12. The third kappa shape index (κ3) is 12.0. The number of aliphatic hydroxyl groups is 1. The zero-order valence-corrected chi connectivity index (χ0v) is 40.3. The molecule has 6 rings (SSSR count). The Labute approximate surface area is 413 Å². The van der Waals surface area contributed by atoms with Crippen LogP contribution in [0.3, 0.4) is 0 Å². The molecule has 1 aliphatic heterocycles. The fourth-order valence-corrected chi connectivity index (χ4v) is 9.28. The minimum atomic E-state index is -1.26. The third-order valence-corrected chi connectivity index (χ3v) is 13.0. The van der Waals surface area contributed by atoms with Gasteiger partial charge in [0.1, 0.15) is 42.5 Å². The molecule has 0 bridgehead atoms. The zero-order valence-electron chi connectivity index (χ0n) is 40.3. The number of aromatic hydroxyl groups is 2. The maximum absolute atomic E-state index is 14.1. The van der Waals surface area contributed by atoms with Gasteiger partial charge in [0.15, 0.2) is 11.6 Å². The van der Waals surface area contributed by atoms with Crippen LogP contribution in [0.5, 0.6) is 17.2 Å². The van der Waals surface area contributed by atoms with Crippen LogP contribution < -0.4 is 31.7 Å². The first-order chi connectivity index (χ1) is 34.1. The number of rotatable bonds is 21. The smallest absolute Gasteiger partial charge is 0.507 e. The molecule has 0 unspecified atom stereocenters. The van der Waals surface area contributed by atoms with Crippen LogP contribution in [0.4, 0.5) is 15.3 Å². The van der Waals surface area contributed by atoms with Crippen molar-refractivity contribution in [1.82, 2.24) is 20.9 Å². The number of imide groups is 1. The SMILES string of the molecule is CC(C)[C@H](NC(=O)CCCCCN1C(=O)C=CC1=O)C(=O)N[C@@H](CCCNC(N)=O)C(=O)Nc1ccc(COC(=O)Oc2cccc3c2C(=O)c2c(O)c4c(c(O)c2C3=O)C[C@@](C)(C(=O)CO)C[C@@H]4C)cc1. The summed E-state index contributed by atoms with van der Waals surface area (Å²) in [5.41, 5.74) is 3.62. The molecule has 1 heterocycles. The molecule has 3 aromatic rings. The number of ether oxygens (including phenoxy) is 2. The third-order valence-electron chi connectivity index (χ3n) is 13.0. The number of nitrogens with zero attached hydrogens (tertiary/aromatic N) is 1. The Kier molecular flexibility index (Phi) is 17.0. The number of urea groups is 1. The first kappa shape index (κ1) is 53.4. The van der Waals surface area contributed by atoms with E-state index in [2.05, 4.69) is 21.3 Å². The van der Waals surface area contributed by atoms with Crippen LogP contribution in [0.2, 0.25) is 0 Å². The predicted octanol–water partition coefficient (Wildman–Crippen LogP) is 3.70.